The van der Waals surface area contributed by atoms with Gasteiger partial charge in [0.25, 0.3) is 10.0 Å². The van der Waals surface area contributed by atoms with Crippen LogP contribution < -0.4 is 10.5 Å². The van der Waals surface area contributed by atoms with Gasteiger partial charge in [-0.1, -0.05) is 18.9 Å². The molecule has 12 heteroatoms. The standard InChI is InChI=1S/C25H23FN6O2S3/c1-14-30-20(12-35-14)21-8-9-22(36-21)37(33,34)31-19-7-6-15(10-18(19)26)17-11-32(16-4-2-3-5-16)25-23(17)24(27)28-13-29-25/h6-13,16,31H,2-5H2,1H3,(H2,27,28,29). The van der Waals surface area contributed by atoms with E-state index in [2.05, 4.69) is 24.2 Å². The molecule has 0 radical (unpaired) electrons. The van der Waals surface area contributed by atoms with Crippen molar-refractivity contribution in [1.29, 1.82) is 0 Å². The number of hydrogen-bond acceptors (Lipinski definition) is 8. The Hall–Kier alpha value is -3.35. The first-order valence-electron chi connectivity index (χ1n) is 11.8. The Morgan fingerprint density at radius 2 is 1.97 bits per heavy atom. The zero-order valence-corrected chi connectivity index (χ0v) is 22.3. The molecule has 4 heterocycles. The maximum atomic E-state index is 15.3. The van der Waals surface area contributed by atoms with Crippen molar-refractivity contribution in [3.8, 4) is 21.7 Å². The number of anilines is 2. The molecule has 0 bridgehead atoms. The van der Waals surface area contributed by atoms with Crippen LogP contribution in [0.2, 0.25) is 0 Å². The second kappa shape index (κ2) is 9.19. The number of hydrogen-bond donors (Lipinski definition) is 2. The molecule has 0 unspecified atom stereocenters. The van der Waals surface area contributed by atoms with E-state index in [0.717, 1.165) is 63.8 Å². The number of thiazole rings is 1. The predicted octanol–water partition coefficient (Wildman–Crippen LogP) is 6.23. The van der Waals surface area contributed by atoms with Crippen molar-refractivity contribution in [3.63, 3.8) is 0 Å². The first-order chi connectivity index (χ1) is 17.8. The van der Waals surface area contributed by atoms with Crippen molar-refractivity contribution >= 4 is 55.2 Å². The van der Waals surface area contributed by atoms with Crippen LogP contribution >= 0.6 is 22.7 Å². The smallest absolute Gasteiger partial charge is 0.271 e. The molecular weight excluding hydrogens is 532 g/mol. The van der Waals surface area contributed by atoms with Crippen molar-refractivity contribution in [2.24, 2.45) is 0 Å². The monoisotopic (exact) mass is 554 g/mol. The van der Waals surface area contributed by atoms with Gasteiger partial charge in [0.2, 0.25) is 0 Å². The summed E-state index contributed by atoms with van der Waals surface area (Å²) in [7, 11) is -3.98. The fraction of sp³-hybridized carbons (Fsp3) is 0.240. The Morgan fingerprint density at radius 3 is 2.70 bits per heavy atom. The number of nitrogen functional groups attached to an aromatic ring is 1. The highest BCUT2D eigenvalue weighted by Crippen LogP contribution is 2.39. The molecule has 0 atom stereocenters. The first-order valence-corrected chi connectivity index (χ1v) is 14.9. The number of aromatic nitrogens is 4. The van der Waals surface area contributed by atoms with E-state index in [9.17, 15) is 8.42 Å². The molecule has 1 saturated carbocycles. The summed E-state index contributed by atoms with van der Waals surface area (Å²) in [5.41, 5.74) is 8.82. The summed E-state index contributed by atoms with van der Waals surface area (Å²) >= 11 is 2.58. The molecule has 37 heavy (non-hydrogen) atoms. The first kappa shape index (κ1) is 24.0. The van der Waals surface area contributed by atoms with E-state index in [-0.39, 0.29) is 9.90 Å². The molecule has 1 fully saturated rings. The lowest BCUT2D eigenvalue weighted by atomic mass is 10.1. The summed E-state index contributed by atoms with van der Waals surface area (Å²) in [6.45, 7) is 1.89. The third-order valence-corrected chi connectivity index (χ3v) is 10.3. The van der Waals surface area contributed by atoms with E-state index >= 15 is 4.39 Å². The Labute approximate surface area is 221 Å². The van der Waals surface area contributed by atoms with E-state index in [1.807, 2.05) is 18.5 Å². The fourth-order valence-electron chi connectivity index (χ4n) is 4.83. The molecule has 1 aliphatic carbocycles. The van der Waals surface area contributed by atoms with E-state index in [1.54, 1.807) is 12.1 Å². The van der Waals surface area contributed by atoms with Gasteiger partial charge in [0.1, 0.15) is 27.8 Å². The average molecular weight is 555 g/mol. The zero-order chi connectivity index (χ0) is 25.7. The van der Waals surface area contributed by atoms with Gasteiger partial charge in [0, 0.05) is 23.2 Å². The third-order valence-electron chi connectivity index (χ3n) is 6.60. The fourth-order valence-corrected chi connectivity index (χ4v) is 7.85. The average Bonchev–Trinajstić information content (AvgIpc) is 3.66. The normalized spacial score (nSPS) is 14.5. The lowest BCUT2D eigenvalue weighted by Gasteiger charge is -2.12. The molecule has 0 aliphatic heterocycles. The van der Waals surface area contributed by atoms with Gasteiger partial charge in [-0.15, -0.1) is 22.7 Å². The summed E-state index contributed by atoms with van der Waals surface area (Å²) in [6.07, 6.45) is 7.80. The van der Waals surface area contributed by atoms with Crippen LogP contribution in [-0.2, 0) is 10.0 Å². The van der Waals surface area contributed by atoms with Crippen LogP contribution in [0.3, 0.4) is 0 Å². The SMILES string of the molecule is Cc1nc(-c2ccc(S(=O)(=O)Nc3ccc(-c4cn(C5CCCC5)c5ncnc(N)c45)cc3F)s2)cs1. The van der Waals surface area contributed by atoms with Gasteiger partial charge in [-0.05, 0) is 49.6 Å². The van der Waals surface area contributed by atoms with E-state index in [4.69, 9.17) is 5.73 Å². The van der Waals surface area contributed by atoms with Crippen molar-refractivity contribution in [2.75, 3.05) is 10.5 Å². The van der Waals surface area contributed by atoms with Crippen LogP contribution in [-0.4, -0.2) is 27.9 Å². The number of rotatable bonds is 6. The maximum Gasteiger partial charge on any atom is 0.271 e. The molecule has 0 saturated heterocycles. The number of thiophene rings is 1. The van der Waals surface area contributed by atoms with Gasteiger partial charge >= 0.3 is 0 Å². The van der Waals surface area contributed by atoms with Crippen molar-refractivity contribution in [2.45, 2.75) is 42.9 Å². The van der Waals surface area contributed by atoms with Crippen molar-refractivity contribution in [1.82, 2.24) is 19.5 Å². The molecule has 1 aliphatic rings. The Morgan fingerprint density at radius 1 is 1.16 bits per heavy atom. The maximum absolute atomic E-state index is 15.3. The molecule has 1 aromatic carbocycles. The Balaban J connectivity index is 1.32. The Bertz CT molecular complexity index is 1730. The number of nitrogens with zero attached hydrogens (tertiary/aromatic N) is 4. The highest BCUT2D eigenvalue weighted by molar-refractivity contribution is 7.94. The molecule has 0 amide bonds. The minimum atomic E-state index is -3.98. The number of sulfonamides is 1. The van der Waals surface area contributed by atoms with Crippen molar-refractivity contribution in [3.05, 3.63) is 59.1 Å². The largest absolute Gasteiger partial charge is 0.383 e. The molecule has 0 spiro atoms. The summed E-state index contributed by atoms with van der Waals surface area (Å²) in [5, 5.41) is 3.45. The summed E-state index contributed by atoms with van der Waals surface area (Å²) in [4.78, 5) is 13.7. The lowest BCUT2D eigenvalue weighted by molar-refractivity contribution is 0.532. The quantitative estimate of drug-likeness (QED) is 0.257. The van der Waals surface area contributed by atoms with Crippen LogP contribution in [0.4, 0.5) is 15.9 Å². The highest BCUT2D eigenvalue weighted by atomic mass is 32.2. The molecule has 5 aromatic rings. The molecule has 8 nitrogen and oxygen atoms in total. The van der Waals surface area contributed by atoms with Gasteiger partial charge in [-0.2, -0.15) is 0 Å². The number of halogens is 1. The molecule has 190 valence electrons. The summed E-state index contributed by atoms with van der Waals surface area (Å²) in [6, 6.07) is 7.95. The summed E-state index contributed by atoms with van der Waals surface area (Å²) < 4.78 is 45.9. The summed E-state index contributed by atoms with van der Waals surface area (Å²) in [5.74, 6) is -0.365. The Kier molecular flexibility index (Phi) is 5.97. The van der Waals surface area contributed by atoms with E-state index in [1.165, 1.54) is 35.9 Å². The van der Waals surface area contributed by atoms with Crippen LogP contribution in [0.15, 0.2) is 52.4 Å². The second-order valence-corrected chi connectivity index (χ2v) is 13.1. The zero-order valence-electron chi connectivity index (χ0n) is 19.8. The van der Waals surface area contributed by atoms with Crippen LogP contribution in [0.25, 0.3) is 32.7 Å². The van der Waals surface area contributed by atoms with Crippen LogP contribution in [0.5, 0.6) is 0 Å². The van der Waals surface area contributed by atoms with E-state index < -0.39 is 15.8 Å². The van der Waals surface area contributed by atoms with Crippen LogP contribution in [0.1, 0.15) is 36.7 Å². The molecular formula is C25H23FN6O2S3. The topological polar surface area (TPSA) is 116 Å². The number of nitrogens with two attached hydrogens (primary N) is 1. The minimum absolute atomic E-state index is 0.0844. The number of nitrogens with one attached hydrogen (secondary N) is 1. The van der Waals surface area contributed by atoms with Gasteiger partial charge < -0.3 is 10.3 Å². The third kappa shape index (κ3) is 4.38. The number of aryl methyl sites for hydroxylation is 1. The number of benzene rings is 1. The van der Waals surface area contributed by atoms with Gasteiger partial charge in [-0.25, -0.2) is 27.8 Å². The molecule has 6 rings (SSSR count). The minimum Gasteiger partial charge on any atom is -0.383 e. The molecule has 3 N–H and O–H groups in total. The highest BCUT2D eigenvalue weighted by Gasteiger charge is 2.24. The van der Waals surface area contributed by atoms with Gasteiger partial charge in [0.15, 0.2) is 0 Å². The lowest BCUT2D eigenvalue weighted by Crippen LogP contribution is -2.12. The number of fused-ring (bicyclic) bond motifs is 1. The van der Waals surface area contributed by atoms with Crippen molar-refractivity contribution < 1.29 is 12.8 Å². The van der Waals surface area contributed by atoms with E-state index in [0.29, 0.717) is 22.8 Å². The van der Waals surface area contributed by atoms with Gasteiger partial charge in [0.05, 0.1) is 26.7 Å². The second-order valence-electron chi connectivity index (χ2n) is 9.02. The van der Waals surface area contributed by atoms with Gasteiger partial charge in [-0.3, -0.25) is 4.72 Å². The molecule has 4 aromatic heterocycles. The van der Waals surface area contributed by atoms with Crippen LogP contribution in [0, 0.1) is 12.7 Å². The predicted molar refractivity (Wildman–Crippen MR) is 146 cm³/mol.